The molecule has 2 rings (SSSR count). The Morgan fingerprint density at radius 1 is 1.30 bits per heavy atom. The molecule has 7 nitrogen and oxygen atoms in total. The Labute approximate surface area is 119 Å². The van der Waals surface area contributed by atoms with Crippen molar-refractivity contribution in [3.8, 4) is 0 Å². The molecule has 0 spiro atoms. The summed E-state index contributed by atoms with van der Waals surface area (Å²) >= 11 is 0. The number of furan rings is 1. The smallest absolute Gasteiger partial charge is 0.274 e. The van der Waals surface area contributed by atoms with Gasteiger partial charge < -0.3 is 14.5 Å². The van der Waals surface area contributed by atoms with Gasteiger partial charge in [-0.3, -0.25) is 4.90 Å². The normalized spacial score (nSPS) is 17.4. The highest BCUT2D eigenvalue weighted by atomic mass is 32.2. The van der Waals surface area contributed by atoms with E-state index in [1.165, 1.54) is 6.07 Å². The highest BCUT2D eigenvalue weighted by molar-refractivity contribution is 7.89. The standard InChI is InChI=1S/C12H21N3O4S/c1-13-10-11-2-3-12(19-11)20(16,17)14-4-5-15-6-8-18-9-7-15/h2-3,13-14H,4-10H2,1H3. The average molecular weight is 303 g/mol. The van der Waals surface area contributed by atoms with Gasteiger partial charge in [0, 0.05) is 26.2 Å². The van der Waals surface area contributed by atoms with E-state index in [4.69, 9.17) is 9.15 Å². The van der Waals surface area contributed by atoms with Crippen molar-refractivity contribution in [2.45, 2.75) is 11.6 Å². The third-order valence-electron chi connectivity index (χ3n) is 3.08. The van der Waals surface area contributed by atoms with E-state index < -0.39 is 10.0 Å². The van der Waals surface area contributed by atoms with Gasteiger partial charge in [0.1, 0.15) is 5.76 Å². The molecular weight excluding hydrogens is 282 g/mol. The molecule has 0 saturated carbocycles. The van der Waals surface area contributed by atoms with Gasteiger partial charge in [-0.15, -0.1) is 0 Å². The van der Waals surface area contributed by atoms with Crippen LogP contribution < -0.4 is 10.0 Å². The van der Waals surface area contributed by atoms with Crippen molar-refractivity contribution < 1.29 is 17.6 Å². The molecule has 2 heterocycles. The van der Waals surface area contributed by atoms with Gasteiger partial charge >= 0.3 is 0 Å². The molecular formula is C12H21N3O4S. The minimum Gasteiger partial charge on any atom is -0.447 e. The number of hydrogen-bond donors (Lipinski definition) is 2. The largest absolute Gasteiger partial charge is 0.447 e. The van der Waals surface area contributed by atoms with E-state index in [-0.39, 0.29) is 5.09 Å². The first kappa shape index (κ1) is 15.5. The second-order valence-corrected chi connectivity index (χ2v) is 6.30. The molecule has 1 aliphatic heterocycles. The molecule has 1 aliphatic rings. The Morgan fingerprint density at radius 2 is 2.05 bits per heavy atom. The molecule has 20 heavy (non-hydrogen) atoms. The molecule has 0 aromatic carbocycles. The summed E-state index contributed by atoms with van der Waals surface area (Å²) in [5.74, 6) is 0.598. The van der Waals surface area contributed by atoms with Crippen LogP contribution in [0, 0.1) is 0 Å². The third kappa shape index (κ3) is 4.29. The molecule has 0 unspecified atom stereocenters. The molecule has 2 N–H and O–H groups in total. The van der Waals surface area contributed by atoms with Crippen LogP contribution in [0.5, 0.6) is 0 Å². The topological polar surface area (TPSA) is 83.8 Å². The highest BCUT2D eigenvalue weighted by Gasteiger charge is 2.19. The first-order chi connectivity index (χ1) is 9.62. The van der Waals surface area contributed by atoms with Crippen molar-refractivity contribution in [3.63, 3.8) is 0 Å². The van der Waals surface area contributed by atoms with Crippen LogP contribution >= 0.6 is 0 Å². The fourth-order valence-electron chi connectivity index (χ4n) is 2.01. The summed E-state index contributed by atoms with van der Waals surface area (Å²) in [5.41, 5.74) is 0. The van der Waals surface area contributed by atoms with Crippen molar-refractivity contribution in [1.29, 1.82) is 0 Å². The minimum absolute atomic E-state index is 0.0373. The van der Waals surface area contributed by atoms with Crippen LogP contribution in [0.3, 0.4) is 0 Å². The molecule has 0 radical (unpaired) electrons. The summed E-state index contributed by atoms with van der Waals surface area (Å²) in [4.78, 5) is 2.17. The third-order valence-corrected chi connectivity index (χ3v) is 4.41. The van der Waals surface area contributed by atoms with Crippen LogP contribution in [-0.2, 0) is 21.3 Å². The SMILES string of the molecule is CNCc1ccc(S(=O)(=O)NCCN2CCOCC2)o1. The van der Waals surface area contributed by atoms with Crippen LogP contribution in [0.2, 0.25) is 0 Å². The van der Waals surface area contributed by atoms with Gasteiger partial charge in [0.15, 0.2) is 0 Å². The van der Waals surface area contributed by atoms with E-state index in [9.17, 15) is 8.42 Å². The maximum Gasteiger partial charge on any atom is 0.274 e. The predicted octanol–water partition coefficient (Wildman–Crippen LogP) is -0.390. The molecule has 0 atom stereocenters. The van der Waals surface area contributed by atoms with E-state index in [2.05, 4.69) is 14.9 Å². The monoisotopic (exact) mass is 303 g/mol. The van der Waals surface area contributed by atoms with Crippen molar-refractivity contribution in [3.05, 3.63) is 17.9 Å². The summed E-state index contributed by atoms with van der Waals surface area (Å²) in [6, 6.07) is 3.14. The van der Waals surface area contributed by atoms with Gasteiger partial charge in [-0.05, 0) is 19.2 Å². The van der Waals surface area contributed by atoms with E-state index >= 15 is 0 Å². The van der Waals surface area contributed by atoms with Crippen LogP contribution in [0.25, 0.3) is 0 Å². The number of rotatable bonds is 7. The maximum absolute atomic E-state index is 12.0. The average Bonchev–Trinajstić information content (AvgIpc) is 2.90. The zero-order valence-electron chi connectivity index (χ0n) is 11.6. The van der Waals surface area contributed by atoms with Crippen LogP contribution in [-0.4, -0.2) is 59.8 Å². The second-order valence-electron chi connectivity index (χ2n) is 4.60. The Balaban J connectivity index is 1.83. The zero-order valence-corrected chi connectivity index (χ0v) is 12.4. The number of morpholine rings is 1. The molecule has 114 valence electrons. The van der Waals surface area contributed by atoms with Crippen LogP contribution in [0.1, 0.15) is 5.76 Å². The van der Waals surface area contributed by atoms with E-state index in [0.717, 1.165) is 13.1 Å². The number of hydrogen-bond acceptors (Lipinski definition) is 6. The Kier molecular flexibility index (Phi) is 5.55. The quantitative estimate of drug-likeness (QED) is 0.714. The van der Waals surface area contributed by atoms with Crippen LogP contribution in [0.4, 0.5) is 0 Å². The molecule has 0 aliphatic carbocycles. The van der Waals surface area contributed by atoms with E-state index in [1.54, 1.807) is 13.1 Å². The highest BCUT2D eigenvalue weighted by Crippen LogP contribution is 2.13. The fraction of sp³-hybridized carbons (Fsp3) is 0.667. The Hall–Kier alpha value is -0.930. The molecule has 1 aromatic rings. The van der Waals surface area contributed by atoms with Gasteiger partial charge in [0.2, 0.25) is 5.09 Å². The zero-order chi connectivity index (χ0) is 14.4. The second kappa shape index (κ2) is 7.19. The first-order valence-electron chi connectivity index (χ1n) is 6.65. The van der Waals surface area contributed by atoms with Gasteiger partial charge in [0.05, 0.1) is 19.8 Å². The lowest BCUT2D eigenvalue weighted by molar-refractivity contribution is 0.0390. The van der Waals surface area contributed by atoms with Gasteiger partial charge in [0.25, 0.3) is 10.0 Å². The molecule has 1 saturated heterocycles. The molecule has 0 bridgehead atoms. The first-order valence-corrected chi connectivity index (χ1v) is 8.13. The summed E-state index contributed by atoms with van der Waals surface area (Å²) in [5, 5.41) is 2.87. The van der Waals surface area contributed by atoms with E-state index in [1.807, 2.05) is 0 Å². The van der Waals surface area contributed by atoms with E-state index in [0.29, 0.717) is 38.6 Å². The van der Waals surface area contributed by atoms with Crippen molar-refractivity contribution in [2.24, 2.45) is 0 Å². The van der Waals surface area contributed by atoms with Gasteiger partial charge in [-0.25, -0.2) is 13.1 Å². The van der Waals surface area contributed by atoms with Crippen molar-refractivity contribution >= 4 is 10.0 Å². The summed E-state index contributed by atoms with van der Waals surface area (Å²) in [7, 11) is -1.79. The molecule has 1 fully saturated rings. The number of nitrogens with zero attached hydrogens (tertiary/aromatic N) is 1. The summed E-state index contributed by atoms with van der Waals surface area (Å²) < 4.78 is 37.1. The summed E-state index contributed by atoms with van der Waals surface area (Å²) in [6.07, 6.45) is 0. The van der Waals surface area contributed by atoms with Crippen molar-refractivity contribution in [2.75, 3.05) is 46.4 Å². The Bertz CT molecular complexity index is 509. The van der Waals surface area contributed by atoms with Crippen LogP contribution in [0.15, 0.2) is 21.6 Å². The summed E-state index contributed by atoms with van der Waals surface area (Å²) in [6.45, 7) is 4.64. The molecule has 1 aromatic heterocycles. The molecule has 8 heteroatoms. The lowest BCUT2D eigenvalue weighted by Gasteiger charge is -2.26. The Morgan fingerprint density at radius 3 is 2.75 bits per heavy atom. The predicted molar refractivity (Wildman–Crippen MR) is 73.9 cm³/mol. The van der Waals surface area contributed by atoms with Gasteiger partial charge in [-0.2, -0.15) is 0 Å². The minimum atomic E-state index is -3.56. The van der Waals surface area contributed by atoms with Crippen molar-refractivity contribution in [1.82, 2.24) is 14.9 Å². The number of ether oxygens (including phenoxy) is 1. The lowest BCUT2D eigenvalue weighted by Crippen LogP contribution is -2.41. The lowest BCUT2D eigenvalue weighted by atomic mass is 10.4. The number of nitrogens with one attached hydrogen (secondary N) is 2. The molecule has 0 amide bonds. The maximum atomic E-state index is 12.0. The fourth-order valence-corrected chi connectivity index (χ4v) is 2.97. The number of sulfonamides is 1. The van der Waals surface area contributed by atoms with Gasteiger partial charge in [-0.1, -0.05) is 0 Å².